The van der Waals surface area contributed by atoms with Gasteiger partial charge < -0.3 is 78.8 Å². The maximum atomic E-state index is 13.8. The fourth-order valence-electron chi connectivity index (χ4n) is 6.87. The molecule has 3 fully saturated rings. The molecule has 4 rings (SSSR count). The molecule has 3 heterocycles. The largest absolute Gasteiger partial charge is 1.00 e. The maximum absolute atomic E-state index is 13.8. The Hall–Kier alpha value is -2.09. The van der Waals surface area contributed by atoms with Crippen LogP contribution in [0.3, 0.4) is 0 Å². The molecule has 0 aliphatic carbocycles. The van der Waals surface area contributed by atoms with Crippen LogP contribution < -0.4 is 34.9 Å². The Morgan fingerprint density at radius 2 is 1.34 bits per heavy atom. The van der Waals surface area contributed by atoms with Crippen molar-refractivity contribution in [3.8, 4) is 0 Å². The number of rotatable bonds is 21. The molecule has 3 aliphatic rings. The molecule has 1 aromatic rings. The smallest absolute Gasteiger partial charge is 0.726 e. The van der Waals surface area contributed by atoms with Crippen LogP contribution in [0.25, 0.3) is 0 Å². The molecule has 0 saturated carbocycles. The summed E-state index contributed by atoms with van der Waals surface area (Å²) in [4.78, 5) is 35.8. The summed E-state index contributed by atoms with van der Waals surface area (Å²) < 4.78 is 79.4. The van der Waals surface area contributed by atoms with Gasteiger partial charge in [0.15, 0.2) is 18.9 Å². The van der Waals surface area contributed by atoms with Gasteiger partial charge in [-0.15, -0.1) is 0 Å². The predicted molar refractivity (Wildman–Crippen MR) is 195 cm³/mol. The van der Waals surface area contributed by atoms with Crippen molar-refractivity contribution in [3.05, 3.63) is 39.9 Å². The first kappa shape index (κ1) is 53.2. The van der Waals surface area contributed by atoms with Crippen LogP contribution in [0.2, 0.25) is 0 Å². The molecule has 15 atom stereocenters. The van der Waals surface area contributed by atoms with E-state index in [-0.39, 0.29) is 59.8 Å². The van der Waals surface area contributed by atoms with Gasteiger partial charge in [-0.3, -0.25) is 23.9 Å². The topological polar surface area (TPSA) is 362 Å². The summed E-state index contributed by atoms with van der Waals surface area (Å²) in [6, 6.07) is 2.76. The number of nitrogens with zero attached hydrogens (tertiary/aromatic N) is 1. The van der Waals surface area contributed by atoms with Gasteiger partial charge in [0.25, 0.3) is 11.6 Å². The second-order valence-electron chi connectivity index (χ2n) is 14.4. The van der Waals surface area contributed by atoms with E-state index in [9.17, 15) is 68.4 Å². The zero-order valence-corrected chi connectivity index (χ0v) is 36.5. The summed E-state index contributed by atoms with van der Waals surface area (Å²) >= 11 is 0. The number of aliphatic hydroxyl groups excluding tert-OH is 7. The molecule has 0 bridgehead atoms. The fourth-order valence-corrected chi connectivity index (χ4v) is 7.37. The Morgan fingerprint density at radius 1 is 0.770 bits per heavy atom. The zero-order chi connectivity index (χ0) is 44.3. The number of ether oxygens (including phenoxy) is 7. The van der Waals surface area contributed by atoms with E-state index in [2.05, 4.69) is 14.2 Å². The second kappa shape index (κ2) is 24.8. The number of nitrogens with one attached hydrogen (secondary N) is 1. The Kier molecular flexibility index (Phi) is 21.7. The first-order chi connectivity index (χ1) is 28.4. The molecule has 3 aliphatic heterocycles. The molecule has 0 radical (unpaired) electrons. The number of nitro groups is 1. The van der Waals surface area contributed by atoms with Gasteiger partial charge in [0.1, 0.15) is 67.1 Å². The average Bonchev–Trinajstić information content (AvgIpc) is 3.21. The quantitative estimate of drug-likeness (QED) is 0.0108. The van der Waals surface area contributed by atoms with Crippen LogP contribution >= 0.6 is 0 Å². The summed E-state index contributed by atoms with van der Waals surface area (Å²) in [6.45, 7) is -0.606. The molecule has 0 unspecified atom stereocenters. The molecule has 0 aromatic heterocycles. The van der Waals surface area contributed by atoms with E-state index in [0.29, 0.717) is 19.3 Å². The Morgan fingerprint density at radius 3 is 1.93 bits per heavy atom. The van der Waals surface area contributed by atoms with Crippen LogP contribution in [0, 0.1) is 10.1 Å². The minimum Gasteiger partial charge on any atom is -0.726 e. The monoisotopic (exact) mass is 908 g/mol. The molecule has 26 heteroatoms. The van der Waals surface area contributed by atoms with Crippen LogP contribution in [-0.2, 0) is 52.5 Å². The molecule has 61 heavy (non-hydrogen) atoms. The van der Waals surface area contributed by atoms with E-state index in [0.717, 1.165) is 43.5 Å². The van der Waals surface area contributed by atoms with Gasteiger partial charge in [0.05, 0.1) is 31.4 Å². The SMILES string of the molecule is COC(=O)CCCCCCCCO[C@@H]1O[C@H](CO)[C@@H](O[C@@H]2O[C@@H](C)[C@@H](O)[C@@H](O)[C@@H]2O)[C@H](O[C@@H]2O[C@H](CO)[C@H](O)[C@H](OS(=O)(=O)[O-])[C@H]2O)[C@H]1NC(=O)c1ccc([N+](=O)[O-])cc1.[Na+]. The van der Waals surface area contributed by atoms with Gasteiger partial charge in [-0.2, -0.15) is 0 Å². The summed E-state index contributed by atoms with van der Waals surface area (Å²) in [5.74, 6) is -1.23. The average molecular weight is 909 g/mol. The van der Waals surface area contributed by atoms with Crippen LogP contribution in [0.15, 0.2) is 24.3 Å². The van der Waals surface area contributed by atoms with Crippen molar-refractivity contribution < 1.29 is 130 Å². The number of aliphatic hydroxyl groups is 7. The molecule has 1 aromatic carbocycles. The van der Waals surface area contributed by atoms with Crippen molar-refractivity contribution in [1.82, 2.24) is 5.32 Å². The minimum atomic E-state index is -5.61. The van der Waals surface area contributed by atoms with E-state index < -0.39 is 126 Å². The number of benzene rings is 1. The number of carbonyl (C=O) groups is 2. The number of esters is 1. The molecule has 342 valence electrons. The molecule has 8 N–H and O–H groups in total. The van der Waals surface area contributed by atoms with Crippen LogP contribution in [0.1, 0.15) is 62.2 Å². The number of unbranched alkanes of at least 4 members (excludes halogenated alkanes) is 5. The number of carbonyl (C=O) groups excluding carboxylic acids is 2. The van der Waals surface area contributed by atoms with Crippen LogP contribution in [-0.4, -0.2) is 185 Å². The van der Waals surface area contributed by atoms with Crippen LogP contribution in [0.5, 0.6) is 0 Å². The first-order valence-corrected chi connectivity index (χ1v) is 20.5. The van der Waals surface area contributed by atoms with Crippen molar-refractivity contribution in [3.63, 3.8) is 0 Å². The third kappa shape index (κ3) is 14.7. The third-order valence-corrected chi connectivity index (χ3v) is 10.6. The van der Waals surface area contributed by atoms with Gasteiger partial charge in [-0.05, 0) is 31.9 Å². The number of methoxy groups -OCH3 is 1. The molecule has 3 saturated heterocycles. The summed E-state index contributed by atoms with van der Waals surface area (Å²) in [5.41, 5.74) is -0.471. The summed E-state index contributed by atoms with van der Waals surface area (Å²) in [7, 11) is -4.30. The third-order valence-electron chi connectivity index (χ3n) is 10.2. The van der Waals surface area contributed by atoms with Crippen molar-refractivity contribution in [2.75, 3.05) is 26.9 Å². The Labute approximate surface area is 372 Å². The fraction of sp³-hybridized carbons (Fsp3) is 0.771. The molecular formula is C35H53N2NaO22S. The standard InChI is InChI=1S/C35H54N2O22S.Na/c1-17-24(41)26(43)27(44)34(54-17)57-29-21(16-39)56-33(53-14-8-6-4-3-5-7-9-22(40)52-2)23(36-32(46)18-10-12-19(13-11-18)37(47)48)30(29)58-35-28(45)31(59-60(49,50)51)25(42)20(15-38)55-35;/h10-13,17,20-21,23-31,33-35,38-39,41-45H,3-9,14-16H2,1-2H3,(H,36,46)(H,49,50,51);/q;+1/p-1/t17-,20+,21+,23+,24+,25-,26+,27-,28+,29+,30+,31-,33+,34-,35-;/m0./s1. The molecule has 1 amide bonds. The normalized spacial score (nSPS) is 34.2. The Bertz CT molecular complexity index is 1650. The van der Waals surface area contributed by atoms with Crippen molar-refractivity contribution in [2.24, 2.45) is 0 Å². The van der Waals surface area contributed by atoms with Crippen molar-refractivity contribution in [1.29, 1.82) is 0 Å². The van der Waals surface area contributed by atoms with E-state index >= 15 is 0 Å². The zero-order valence-electron chi connectivity index (χ0n) is 33.7. The van der Waals surface area contributed by atoms with E-state index in [1.807, 2.05) is 0 Å². The number of amides is 1. The molecule has 0 spiro atoms. The number of hydrogen-bond donors (Lipinski definition) is 8. The van der Waals surface area contributed by atoms with Gasteiger partial charge >= 0.3 is 35.5 Å². The molecule has 24 nitrogen and oxygen atoms in total. The van der Waals surface area contributed by atoms with Crippen molar-refractivity contribution >= 4 is 28.0 Å². The summed E-state index contributed by atoms with van der Waals surface area (Å²) in [6.07, 6.45) is -21.2. The number of hydrogen-bond acceptors (Lipinski definition) is 22. The first-order valence-electron chi connectivity index (χ1n) is 19.2. The maximum Gasteiger partial charge on any atom is 1.00 e. The van der Waals surface area contributed by atoms with Gasteiger partial charge in [0.2, 0.25) is 10.4 Å². The number of non-ortho nitro benzene ring substituents is 1. The van der Waals surface area contributed by atoms with Crippen molar-refractivity contribution in [2.45, 2.75) is 144 Å². The molecular weight excluding hydrogens is 855 g/mol. The minimum absolute atomic E-state index is 0. The van der Waals surface area contributed by atoms with Crippen LogP contribution in [0.4, 0.5) is 5.69 Å². The van der Waals surface area contributed by atoms with Gasteiger partial charge in [-0.25, -0.2) is 8.42 Å². The van der Waals surface area contributed by atoms with Gasteiger partial charge in [-0.1, -0.05) is 25.7 Å². The van der Waals surface area contributed by atoms with E-state index in [1.165, 1.54) is 14.0 Å². The Balaban J connectivity index is 0.00000992. The summed E-state index contributed by atoms with van der Waals surface area (Å²) in [5, 5.41) is 88.0. The number of nitro benzene ring substituents is 1. The van der Waals surface area contributed by atoms with E-state index in [4.69, 9.17) is 28.4 Å². The van der Waals surface area contributed by atoms with E-state index in [1.54, 1.807) is 0 Å². The second-order valence-corrected chi connectivity index (χ2v) is 15.4. The predicted octanol–water partition coefficient (Wildman–Crippen LogP) is -5.78. The van der Waals surface area contributed by atoms with Gasteiger partial charge in [0, 0.05) is 30.7 Å².